The van der Waals surface area contributed by atoms with E-state index in [9.17, 15) is 14.4 Å². The van der Waals surface area contributed by atoms with Crippen LogP contribution in [0.3, 0.4) is 0 Å². The third-order valence-corrected chi connectivity index (χ3v) is 3.15. The van der Waals surface area contributed by atoms with Gasteiger partial charge in [0.05, 0.1) is 19.8 Å². The molecule has 0 aromatic heterocycles. The summed E-state index contributed by atoms with van der Waals surface area (Å²) < 4.78 is 0. The van der Waals surface area contributed by atoms with E-state index in [-0.39, 0.29) is 19.8 Å². The Hall–Kier alpha value is -1.71. The zero-order chi connectivity index (χ0) is 22.3. The SMILES string of the molecule is CCC(CO)(CO)CO.CCCC(=O)O.CCCC(=O)O.CCCC(=O)O. The van der Waals surface area contributed by atoms with Crippen LogP contribution in [-0.2, 0) is 14.4 Å². The molecule has 0 unspecified atom stereocenters. The quantitative estimate of drug-likeness (QED) is 0.321. The van der Waals surface area contributed by atoms with E-state index in [0.29, 0.717) is 25.7 Å². The highest BCUT2D eigenvalue weighted by molar-refractivity contribution is 5.67. The molecule has 9 nitrogen and oxygen atoms in total. The van der Waals surface area contributed by atoms with Crippen molar-refractivity contribution in [2.45, 2.75) is 72.6 Å². The van der Waals surface area contributed by atoms with Crippen molar-refractivity contribution in [1.82, 2.24) is 0 Å². The Balaban J connectivity index is -0.000000133. The summed E-state index contributed by atoms with van der Waals surface area (Å²) in [6.07, 6.45) is 3.66. The molecule has 0 aliphatic heterocycles. The summed E-state index contributed by atoms with van der Waals surface area (Å²) in [5.41, 5.74) is -0.667. The first kappa shape index (κ1) is 32.9. The van der Waals surface area contributed by atoms with Crippen LogP contribution >= 0.6 is 0 Å². The van der Waals surface area contributed by atoms with Gasteiger partial charge in [0, 0.05) is 24.7 Å². The van der Waals surface area contributed by atoms with Gasteiger partial charge in [-0.25, -0.2) is 0 Å². The fourth-order valence-corrected chi connectivity index (χ4v) is 1.13. The number of carbonyl (C=O) groups is 3. The lowest BCUT2D eigenvalue weighted by molar-refractivity contribution is -0.138. The second-order valence-electron chi connectivity index (χ2n) is 5.76. The molecular weight excluding hydrogens is 360 g/mol. The largest absolute Gasteiger partial charge is 0.481 e. The number of hydrogen-bond donors (Lipinski definition) is 6. The molecule has 0 radical (unpaired) electrons. The maximum absolute atomic E-state index is 9.60. The first-order chi connectivity index (χ1) is 12.6. The molecule has 0 atom stereocenters. The number of carboxylic acids is 3. The Morgan fingerprint density at radius 3 is 0.815 bits per heavy atom. The summed E-state index contributed by atoms with van der Waals surface area (Å²) >= 11 is 0. The fourth-order valence-electron chi connectivity index (χ4n) is 1.13. The van der Waals surface area contributed by atoms with Crippen molar-refractivity contribution >= 4 is 17.9 Å². The van der Waals surface area contributed by atoms with Crippen LogP contribution in [0.4, 0.5) is 0 Å². The average Bonchev–Trinajstić information content (AvgIpc) is 2.59. The Kier molecular flexibility index (Phi) is 29.6. The van der Waals surface area contributed by atoms with Crippen molar-refractivity contribution in [2.75, 3.05) is 19.8 Å². The van der Waals surface area contributed by atoms with Gasteiger partial charge in [-0.15, -0.1) is 0 Å². The Morgan fingerprint density at radius 1 is 0.593 bits per heavy atom. The second-order valence-corrected chi connectivity index (χ2v) is 5.76. The number of aliphatic carboxylic acids is 3. The Morgan fingerprint density at radius 2 is 0.815 bits per heavy atom. The third-order valence-electron chi connectivity index (χ3n) is 3.15. The molecule has 0 rings (SSSR count). The highest BCUT2D eigenvalue weighted by Gasteiger charge is 2.24. The Labute approximate surface area is 161 Å². The van der Waals surface area contributed by atoms with Crippen LogP contribution in [-0.4, -0.2) is 68.4 Å². The standard InChI is InChI=1S/C6H14O3.3C4H8O2/c1-2-6(3-7,4-8)5-9;3*1-2-3-4(5)6/h7-9H,2-5H2,1H3;3*2-3H2,1H3,(H,5,6). The lowest BCUT2D eigenvalue weighted by Gasteiger charge is -2.24. The van der Waals surface area contributed by atoms with Gasteiger partial charge in [0.15, 0.2) is 0 Å². The van der Waals surface area contributed by atoms with Gasteiger partial charge in [-0.2, -0.15) is 0 Å². The average molecular weight is 398 g/mol. The molecule has 0 aliphatic carbocycles. The predicted molar refractivity (Wildman–Crippen MR) is 102 cm³/mol. The minimum absolute atomic E-state index is 0.156. The molecule has 0 fully saturated rings. The normalized spacial score (nSPS) is 9.44. The van der Waals surface area contributed by atoms with E-state index in [2.05, 4.69) is 0 Å². The van der Waals surface area contributed by atoms with Gasteiger partial charge in [0.2, 0.25) is 0 Å². The molecule has 27 heavy (non-hydrogen) atoms. The minimum atomic E-state index is -0.711. The van der Waals surface area contributed by atoms with Gasteiger partial charge < -0.3 is 30.6 Å². The summed E-state index contributed by atoms with van der Waals surface area (Å²) in [4.78, 5) is 28.8. The first-order valence-electron chi connectivity index (χ1n) is 9.04. The van der Waals surface area contributed by atoms with Crippen molar-refractivity contribution in [2.24, 2.45) is 5.41 Å². The zero-order valence-corrected chi connectivity index (χ0v) is 17.0. The van der Waals surface area contributed by atoms with Crippen molar-refractivity contribution in [3.63, 3.8) is 0 Å². The maximum Gasteiger partial charge on any atom is 0.303 e. The third kappa shape index (κ3) is 32.4. The number of aliphatic hydroxyl groups excluding tert-OH is 3. The molecule has 9 heteroatoms. The number of carboxylic acid groups (broad SMARTS) is 3. The fraction of sp³-hybridized carbons (Fsp3) is 0.833. The molecule has 0 heterocycles. The first-order valence-corrected chi connectivity index (χ1v) is 9.04. The van der Waals surface area contributed by atoms with Crippen LogP contribution in [0.2, 0.25) is 0 Å². The molecule has 0 saturated heterocycles. The van der Waals surface area contributed by atoms with Gasteiger partial charge in [-0.3, -0.25) is 14.4 Å². The molecular formula is C18H38O9. The Bertz CT molecular complexity index is 297. The van der Waals surface area contributed by atoms with Crippen LogP contribution in [0.1, 0.15) is 72.6 Å². The summed E-state index contributed by atoms with van der Waals surface area (Å²) in [6, 6.07) is 0. The van der Waals surface area contributed by atoms with E-state index < -0.39 is 23.3 Å². The van der Waals surface area contributed by atoms with Crippen LogP contribution < -0.4 is 0 Å². The number of hydrogen-bond acceptors (Lipinski definition) is 6. The lowest BCUT2D eigenvalue weighted by atomic mass is 9.88. The van der Waals surface area contributed by atoms with Gasteiger partial charge in [-0.1, -0.05) is 27.7 Å². The van der Waals surface area contributed by atoms with Crippen molar-refractivity contribution < 1.29 is 45.0 Å². The molecule has 0 saturated carbocycles. The van der Waals surface area contributed by atoms with Crippen molar-refractivity contribution in [3.05, 3.63) is 0 Å². The summed E-state index contributed by atoms with van der Waals surface area (Å²) in [7, 11) is 0. The number of rotatable bonds is 10. The van der Waals surface area contributed by atoms with Gasteiger partial charge in [0.25, 0.3) is 0 Å². The summed E-state index contributed by atoms with van der Waals surface area (Å²) in [5, 5.41) is 49.7. The maximum atomic E-state index is 9.60. The monoisotopic (exact) mass is 398 g/mol. The van der Waals surface area contributed by atoms with Crippen LogP contribution in [0.15, 0.2) is 0 Å². The number of aliphatic hydroxyl groups is 3. The molecule has 164 valence electrons. The van der Waals surface area contributed by atoms with E-state index in [1.54, 1.807) is 0 Å². The van der Waals surface area contributed by atoms with Crippen LogP contribution in [0.5, 0.6) is 0 Å². The second kappa shape index (κ2) is 24.3. The topological polar surface area (TPSA) is 173 Å². The van der Waals surface area contributed by atoms with Crippen LogP contribution in [0.25, 0.3) is 0 Å². The van der Waals surface area contributed by atoms with Gasteiger partial charge >= 0.3 is 17.9 Å². The molecule has 0 spiro atoms. The zero-order valence-electron chi connectivity index (χ0n) is 17.0. The molecule has 0 aliphatic rings. The molecule has 6 N–H and O–H groups in total. The smallest absolute Gasteiger partial charge is 0.303 e. The van der Waals surface area contributed by atoms with E-state index >= 15 is 0 Å². The predicted octanol–water partition coefficient (Wildman–Crippen LogP) is 1.97. The van der Waals surface area contributed by atoms with Gasteiger partial charge in [-0.05, 0) is 25.7 Å². The summed E-state index contributed by atoms with van der Waals surface area (Å²) in [6.45, 7) is 6.88. The van der Waals surface area contributed by atoms with E-state index in [0.717, 1.165) is 19.3 Å². The van der Waals surface area contributed by atoms with E-state index in [1.165, 1.54) is 0 Å². The molecule has 0 aromatic carbocycles. The van der Waals surface area contributed by atoms with Gasteiger partial charge in [0.1, 0.15) is 0 Å². The van der Waals surface area contributed by atoms with Crippen LogP contribution in [0, 0.1) is 5.41 Å². The van der Waals surface area contributed by atoms with E-state index in [4.69, 9.17) is 30.6 Å². The van der Waals surface area contributed by atoms with Crippen molar-refractivity contribution in [3.8, 4) is 0 Å². The highest BCUT2D eigenvalue weighted by Crippen LogP contribution is 2.18. The molecule has 0 amide bonds. The van der Waals surface area contributed by atoms with Crippen molar-refractivity contribution in [1.29, 1.82) is 0 Å². The van der Waals surface area contributed by atoms with E-state index in [1.807, 2.05) is 27.7 Å². The minimum Gasteiger partial charge on any atom is -0.481 e. The molecule has 0 bridgehead atoms. The highest BCUT2D eigenvalue weighted by atomic mass is 16.4. The lowest BCUT2D eigenvalue weighted by Crippen LogP contribution is -2.32. The molecule has 0 aromatic rings. The summed E-state index contributed by atoms with van der Waals surface area (Å²) in [5.74, 6) is -2.13.